The van der Waals surface area contributed by atoms with Gasteiger partial charge in [0.1, 0.15) is 0 Å². The number of hydrogen-bond acceptors (Lipinski definition) is 1. The van der Waals surface area contributed by atoms with Crippen LogP contribution in [0.25, 0.3) is 0 Å². The summed E-state index contributed by atoms with van der Waals surface area (Å²) in [5.74, 6) is 0.796. The van der Waals surface area contributed by atoms with Crippen LogP contribution in [0.2, 0.25) is 0 Å². The summed E-state index contributed by atoms with van der Waals surface area (Å²) in [7, 11) is 1.81. The maximum absolute atomic E-state index is 5.38. The van der Waals surface area contributed by atoms with Gasteiger partial charge in [-0.05, 0) is 30.8 Å². The van der Waals surface area contributed by atoms with E-state index in [4.69, 9.17) is 4.74 Å². The van der Waals surface area contributed by atoms with Crippen LogP contribution in [0.3, 0.4) is 0 Å². The van der Waals surface area contributed by atoms with Gasteiger partial charge in [-0.2, -0.15) is 0 Å². The molecule has 1 nitrogen and oxygen atoms in total. The quantitative estimate of drug-likeness (QED) is 0.557. The molecular formula is C10H14O. The van der Waals surface area contributed by atoms with Crippen molar-refractivity contribution in [3.63, 3.8) is 0 Å². The third kappa shape index (κ3) is 1.14. The van der Waals surface area contributed by atoms with E-state index >= 15 is 0 Å². The number of ether oxygens (including phenoxy) is 1. The molecule has 0 amide bonds. The molecule has 0 radical (unpaired) electrons. The number of hydrogen-bond donors (Lipinski definition) is 0. The molecule has 1 fully saturated rings. The number of rotatable bonds is 1. The molecular weight excluding hydrogens is 136 g/mol. The van der Waals surface area contributed by atoms with Crippen molar-refractivity contribution in [3.05, 3.63) is 23.8 Å². The zero-order chi connectivity index (χ0) is 7.68. The molecule has 2 atom stereocenters. The minimum atomic E-state index is 0.421. The fraction of sp³-hybridized carbons (Fsp3) is 0.600. The monoisotopic (exact) mass is 150 g/mol. The Morgan fingerprint density at radius 1 is 1.45 bits per heavy atom. The van der Waals surface area contributed by atoms with Crippen LogP contribution in [0.15, 0.2) is 23.8 Å². The summed E-state index contributed by atoms with van der Waals surface area (Å²) in [4.78, 5) is 0. The summed E-state index contributed by atoms with van der Waals surface area (Å²) in [6.07, 6.45) is 10.8. The maximum atomic E-state index is 5.38. The van der Waals surface area contributed by atoms with Gasteiger partial charge in [-0.3, -0.25) is 0 Å². The smallest absolute Gasteiger partial charge is 0.0787 e. The predicted molar refractivity (Wildman–Crippen MR) is 45.4 cm³/mol. The molecule has 0 aromatic rings. The van der Waals surface area contributed by atoms with Crippen molar-refractivity contribution in [2.75, 3.05) is 7.11 Å². The van der Waals surface area contributed by atoms with E-state index in [2.05, 4.69) is 18.2 Å². The molecule has 0 aromatic carbocycles. The van der Waals surface area contributed by atoms with Crippen molar-refractivity contribution in [2.24, 2.45) is 5.92 Å². The third-order valence-corrected chi connectivity index (χ3v) is 2.75. The number of fused-ring (bicyclic) bond motifs is 1. The Hall–Kier alpha value is -0.560. The summed E-state index contributed by atoms with van der Waals surface area (Å²) in [5.41, 5.74) is 1.52. The van der Waals surface area contributed by atoms with Crippen molar-refractivity contribution < 1.29 is 4.74 Å². The highest BCUT2D eigenvalue weighted by molar-refractivity contribution is 5.27. The van der Waals surface area contributed by atoms with Gasteiger partial charge in [0.2, 0.25) is 0 Å². The second-order valence-corrected chi connectivity index (χ2v) is 3.33. The van der Waals surface area contributed by atoms with Crippen LogP contribution in [0.5, 0.6) is 0 Å². The van der Waals surface area contributed by atoms with E-state index in [9.17, 15) is 0 Å². The van der Waals surface area contributed by atoms with E-state index in [1.54, 1.807) is 0 Å². The van der Waals surface area contributed by atoms with Crippen LogP contribution in [0.1, 0.15) is 19.3 Å². The highest BCUT2D eigenvalue weighted by Crippen LogP contribution is 2.37. The summed E-state index contributed by atoms with van der Waals surface area (Å²) in [6.45, 7) is 0. The van der Waals surface area contributed by atoms with E-state index in [-0.39, 0.29) is 0 Å². The minimum Gasteiger partial charge on any atom is -0.377 e. The lowest BCUT2D eigenvalue weighted by atomic mass is 9.94. The Labute approximate surface area is 67.7 Å². The van der Waals surface area contributed by atoms with Gasteiger partial charge in [-0.25, -0.2) is 0 Å². The van der Waals surface area contributed by atoms with Crippen LogP contribution in [0, 0.1) is 5.92 Å². The van der Waals surface area contributed by atoms with Crippen LogP contribution in [-0.4, -0.2) is 13.2 Å². The zero-order valence-electron chi connectivity index (χ0n) is 6.92. The average Bonchev–Trinajstić information content (AvgIpc) is 2.47. The molecule has 1 saturated carbocycles. The van der Waals surface area contributed by atoms with Crippen molar-refractivity contribution >= 4 is 0 Å². The van der Waals surface area contributed by atoms with Gasteiger partial charge < -0.3 is 4.74 Å². The normalized spacial score (nSPS) is 35.2. The molecule has 0 aliphatic heterocycles. The first-order valence-corrected chi connectivity index (χ1v) is 4.31. The minimum absolute atomic E-state index is 0.421. The van der Waals surface area contributed by atoms with E-state index in [1.807, 2.05) is 7.11 Å². The van der Waals surface area contributed by atoms with Crippen LogP contribution < -0.4 is 0 Å². The standard InChI is InChI=1S/C10H14O/c1-11-10-7-6-8-4-2-3-5-9(8)10/h2-3,5,8,10H,4,6-7H2,1H3. The molecule has 60 valence electrons. The Balaban J connectivity index is 2.19. The van der Waals surface area contributed by atoms with Gasteiger partial charge in [0, 0.05) is 7.11 Å². The molecule has 0 heterocycles. The van der Waals surface area contributed by atoms with Gasteiger partial charge in [-0.1, -0.05) is 18.2 Å². The largest absolute Gasteiger partial charge is 0.377 e. The van der Waals surface area contributed by atoms with Gasteiger partial charge in [0.25, 0.3) is 0 Å². The summed E-state index contributed by atoms with van der Waals surface area (Å²) < 4.78 is 5.38. The molecule has 0 bridgehead atoms. The van der Waals surface area contributed by atoms with Crippen LogP contribution in [0.4, 0.5) is 0 Å². The fourth-order valence-corrected chi connectivity index (χ4v) is 2.12. The molecule has 2 rings (SSSR count). The topological polar surface area (TPSA) is 9.23 Å². The lowest BCUT2D eigenvalue weighted by molar-refractivity contribution is 0.136. The summed E-state index contributed by atoms with van der Waals surface area (Å²) in [6, 6.07) is 0. The first-order chi connectivity index (χ1) is 5.42. The van der Waals surface area contributed by atoms with Crippen LogP contribution in [-0.2, 0) is 4.74 Å². The van der Waals surface area contributed by atoms with E-state index in [1.165, 1.54) is 24.8 Å². The molecule has 0 aromatic heterocycles. The lowest BCUT2D eigenvalue weighted by Crippen LogP contribution is -2.10. The molecule has 0 saturated heterocycles. The van der Waals surface area contributed by atoms with Gasteiger partial charge in [0.05, 0.1) is 6.10 Å². The fourth-order valence-electron chi connectivity index (χ4n) is 2.12. The Morgan fingerprint density at radius 3 is 3.18 bits per heavy atom. The molecule has 2 unspecified atom stereocenters. The molecule has 2 aliphatic carbocycles. The van der Waals surface area contributed by atoms with Gasteiger partial charge in [-0.15, -0.1) is 0 Å². The van der Waals surface area contributed by atoms with E-state index in [0.717, 1.165) is 5.92 Å². The molecule has 0 spiro atoms. The predicted octanol–water partition coefficient (Wildman–Crippen LogP) is 2.30. The zero-order valence-corrected chi connectivity index (χ0v) is 6.92. The first-order valence-electron chi connectivity index (χ1n) is 4.31. The molecule has 11 heavy (non-hydrogen) atoms. The van der Waals surface area contributed by atoms with Crippen LogP contribution >= 0.6 is 0 Å². The van der Waals surface area contributed by atoms with E-state index < -0.39 is 0 Å². The SMILES string of the molecule is COC1CCC2CC=CC=C21. The average molecular weight is 150 g/mol. The maximum Gasteiger partial charge on any atom is 0.0787 e. The lowest BCUT2D eigenvalue weighted by Gasteiger charge is -2.16. The summed E-state index contributed by atoms with van der Waals surface area (Å²) >= 11 is 0. The Morgan fingerprint density at radius 2 is 2.36 bits per heavy atom. The molecule has 2 aliphatic rings. The first kappa shape index (κ1) is 7.11. The number of methoxy groups -OCH3 is 1. The van der Waals surface area contributed by atoms with Crippen molar-refractivity contribution in [3.8, 4) is 0 Å². The van der Waals surface area contributed by atoms with Gasteiger partial charge >= 0.3 is 0 Å². The number of allylic oxidation sites excluding steroid dienone is 3. The highest BCUT2D eigenvalue weighted by Gasteiger charge is 2.29. The van der Waals surface area contributed by atoms with Gasteiger partial charge in [0.15, 0.2) is 0 Å². The third-order valence-electron chi connectivity index (χ3n) is 2.75. The van der Waals surface area contributed by atoms with E-state index in [0.29, 0.717) is 6.10 Å². The Kier molecular flexibility index (Phi) is 1.82. The molecule has 0 N–H and O–H groups in total. The van der Waals surface area contributed by atoms with Crippen molar-refractivity contribution in [1.82, 2.24) is 0 Å². The second kappa shape index (κ2) is 2.82. The second-order valence-electron chi connectivity index (χ2n) is 3.33. The highest BCUT2D eigenvalue weighted by atomic mass is 16.5. The Bertz CT molecular complexity index is 203. The molecule has 1 heteroatoms. The summed E-state index contributed by atoms with van der Waals surface area (Å²) in [5, 5.41) is 0. The van der Waals surface area contributed by atoms with Crippen molar-refractivity contribution in [1.29, 1.82) is 0 Å². The van der Waals surface area contributed by atoms with Crippen molar-refractivity contribution in [2.45, 2.75) is 25.4 Å².